The molecule has 0 aliphatic heterocycles. The maximum absolute atomic E-state index is 13.3. The Labute approximate surface area is 85.0 Å². The summed E-state index contributed by atoms with van der Waals surface area (Å²) in [6, 6.07) is 5.09. The van der Waals surface area contributed by atoms with Crippen LogP contribution in [0, 0.1) is 11.7 Å². The summed E-state index contributed by atoms with van der Waals surface area (Å²) in [6.07, 6.45) is 2.44. The predicted octanol–water partition coefficient (Wildman–Crippen LogP) is 3.38. The third-order valence-electron chi connectivity index (χ3n) is 2.09. The Morgan fingerprint density at radius 3 is 2.92 bits per heavy atom. The van der Waals surface area contributed by atoms with E-state index in [-0.39, 0.29) is 5.82 Å². The Morgan fingerprint density at radius 2 is 2.23 bits per heavy atom. The zero-order valence-electron chi connectivity index (χ0n) is 7.09. The molecule has 1 nitrogen and oxygen atoms in total. The van der Waals surface area contributed by atoms with Crippen LogP contribution in [-0.2, 0) is 0 Å². The zero-order valence-corrected chi connectivity index (χ0v) is 8.68. The lowest BCUT2D eigenvalue weighted by molar-refractivity contribution is 0.285. The molecule has 0 unspecified atom stereocenters. The van der Waals surface area contributed by atoms with Crippen LogP contribution in [-0.4, -0.2) is 6.61 Å². The molecule has 1 aromatic carbocycles. The molecule has 0 heterocycles. The summed E-state index contributed by atoms with van der Waals surface area (Å²) in [5, 5.41) is 0. The van der Waals surface area contributed by atoms with Gasteiger partial charge in [0.1, 0.15) is 0 Å². The minimum Gasteiger partial charge on any atom is -0.490 e. The van der Waals surface area contributed by atoms with Gasteiger partial charge < -0.3 is 4.74 Å². The molecule has 0 saturated heterocycles. The predicted molar refractivity (Wildman–Crippen MR) is 52.3 cm³/mol. The van der Waals surface area contributed by atoms with Crippen molar-refractivity contribution in [1.29, 1.82) is 0 Å². The first-order valence-electron chi connectivity index (χ1n) is 4.34. The fourth-order valence-corrected chi connectivity index (χ4v) is 1.44. The van der Waals surface area contributed by atoms with E-state index in [1.54, 1.807) is 18.2 Å². The molecule has 0 N–H and O–H groups in total. The van der Waals surface area contributed by atoms with Crippen LogP contribution in [0.15, 0.2) is 22.7 Å². The van der Waals surface area contributed by atoms with Crippen molar-refractivity contribution in [3.63, 3.8) is 0 Å². The normalized spacial score (nSPS) is 15.8. The second kappa shape index (κ2) is 3.66. The minimum atomic E-state index is -0.303. The van der Waals surface area contributed by atoms with Crippen LogP contribution >= 0.6 is 15.9 Å². The molecular weight excluding hydrogens is 235 g/mol. The van der Waals surface area contributed by atoms with E-state index in [0.717, 1.165) is 0 Å². The fraction of sp³-hybridized carbons (Fsp3) is 0.400. The first-order chi connectivity index (χ1) is 6.27. The Hall–Kier alpha value is -0.570. The van der Waals surface area contributed by atoms with Gasteiger partial charge >= 0.3 is 0 Å². The van der Waals surface area contributed by atoms with Crippen molar-refractivity contribution in [2.24, 2.45) is 5.92 Å². The van der Waals surface area contributed by atoms with Crippen molar-refractivity contribution in [2.75, 3.05) is 6.61 Å². The lowest BCUT2D eigenvalue weighted by atomic mass is 10.3. The molecule has 3 heteroatoms. The maximum atomic E-state index is 13.3. The van der Waals surface area contributed by atoms with Gasteiger partial charge in [-0.25, -0.2) is 4.39 Å². The molecule has 1 aliphatic rings. The van der Waals surface area contributed by atoms with E-state index in [9.17, 15) is 4.39 Å². The van der Waals surface area contributed by atoms with Gasteiger partial charge in [-0.3, -0.25) is 0 Å². The van der Waals surface area contributed by atoms with Crippen LogP contribution in [0.4, 0.5) is 4.39 Å². The van der Waals surface area contributed by atoms with Gasteiger partial charge in [-0.05, 0) is 46.8 Å². The highest BCUT2D eigenvalue weighted by atomic mass is 79.9. The molecule has 13 heavy (non-hydrogen) atoms. The van der Waals surface area contributed by atoms with E-state index in [4.69, 9.17) is 4.74 Å². The van der Waals surface area contributed by atoms with E-state index in [1.807, 2.05) is 0 Å². The molecular formula is C10H10BrFO. The van der Waals surface area contributed by atoms with Gasteiger partial charge in [0.25, 0.3) is 0 Å². The molecule has 70 valence electrons. The van der Waals surface area contributed by atoms with E-state index in [0.29, 0.717) is 22.7 Å². The Morgan fingerprint density at radius 1 is 1.46 bits per heavy atom. The fourth-order valence-electron chi connectivity index (χ4n) is 1.09. The highest BCUT2D eigenvalue weighted by molar-refractivity contribution is 9.10. The van der Waals surface area contributed by atoms with Gasteiger partial charge in [-0.15, -0.1) is 0 Å². The van der Waals surface area contributed by atoms with Crippen LogP contribution < -0.4 is 4.74 Å². The van der Waals surface area contributed by atoms with Crippen molar-refractivity contribution in [1.82, 2.24) is 0 Å². The average molecular weight is 245 g/mol. The van der Waals surface area contributed by atoms with Gasteiger partial charge in [0.2, 0.25) is 0 Å². The Kier molecular flexibility index (Phi) is 2.54. The topological polar surface area (TPSA) is 9.23 Å². The lowest BCUT2D eigenvalue weighted by Crippen LogP contribution is -2.00. The van der Waals surface area contributed by atoms with Gasteiger partial charge in [0.05, 0.1) is 11.1 Å². The van der Waals surface area contributed by atoms with E-state index < -0.39 is 0 Å². The molecule has 0 spiro atoms. The largest absolute Gasteiger partial charge is 0.490 e. The Bertz CT molecular complexity index is 310. The number of benzene rings is 1. The Balaban J connectivity index is 2.05. The maximum Gasteiger partial charge on any atom is 0.179 e. The molecule has 1 aromatic rings. The molecule has 1 saturated carbocycles. The number of hydrogen-bond acceptors (Lipinski definition) is 1. The SMILES string of the molecule is Fc1c(Br)cccc1OCC1CC1. The number of hydrogen-bond donors (Lipinski definition) is 0. The molecule has 1 aliphatic carbocycles. The highest BCUT2D eigenvalue weighted by Crippen LogP contribution is 2.31. The van der Waals surface area contributed by atoms with Crippen molar-refractivity contribution in [2.45, 2.75) is 12.8 Å². The summed E-state index contributed by atoms with van der Waals surface area (Å²) in [5.41, 5.74) is 0. The lowest BCUT2D eigenvalue weighted by Gasteiger charge is -2.06. The van der Waals surface area contributed by atoms with Crippen molar-refractivity contribution < 1.29 is 9.13 Å². The minimum absolute atomic E-state index is 0.303. The zero-order chi connectivity index (χ0) is 9.26. The quantitative estimate of drug-likeness (QED) is 0.793. The number of rotatable bonds is 3. The van der Waals surface area contributed by atoms with Crippen molar-refractivity contribution in [3.8, 4) is 5.75 Å². The molecule has 0 atom stereocenters. The summed E-state index contributed by atoms with van der Waals surface area (Å²) in [6.45, 7) is 0.646. The first-order valence-corrected chi connectivity index (χ1v) is 5.13. The summed E-state index contributed by atoms with van der Waals surface area (Å²) in [7, 11) is 0. The molecule has 0 amide bonds. The highest BCUT2D eigenvalue weighted by Gasteiger charge is 2.22. The second-order valence-corrected chi connectivity index (χ2v) is 4.16. The summed E-state index contributed by atoms with van der Waals surface area (Å²) in [4.78, 5) is 0. The van der Waals surface area contributed by atoms with Crippen molar-refractivity contribution >= 4 is 15.9 Å². The van der Waals surface area contributed by atoms with E-state index in [2.05, 4.69) is 15.9 Å². The van der Waals surface area contributed by atoms with Gasteiger partial charge in [0, 0.05) is 0 Å². The van der Waals surface area contributed by atoms with Gasteiger partial charge in [-0.1, -0.05) is 6.07 Å². The summed E-state index contributed by atoms with van der Waals surface area (Å²) in [5.74, 6) is 0.697. The van der Waals surface area contributed by atoms with Crippen LogP contribution in [0.1, 0.15) is 12.8 Å². The van der Waals surface area contributed by atoms with Gasteiger partial charge in [-0.2, -0.15) is 0 Å². The van der Waals surface area contributed by atoms with Crippen molar-refractivity contribution in [3.05, 3.63) is 28.5 Å². The third-order valence-corrected chi connectivity index (χ3v) is 2.70. The van der Waals surface area contributed by atoms with Gasteiger partial charge in [0.15, 0.2) is 11.6 Å². The second-order valence-electron chi connectivity index (χ2n) is 3.31. The average Bonchev–Trinajstić information content (AvgIpc) is 2.91. The molecule has 0 bridgehead atoms. The summed E-state index contributed by atoms with van der Waals surface area (Å²) < 4.78 is 19.1. The van der Waals surface area contributed by atoms with E-state index in [1.165, 1.54) is 12.8 Å². The van der Waals surface area contributed by atoms with Crippen LogP contribution in [0.3, 0.4) is 0 Å². The standard InChI is InChI=1S/C10H10BrFO/c11-8-2-1-3-9(10(8)12)13-6-7-4-5-7/h1-3,7H,4-6H2. The van der Waals surface area contributed by atoms with E-state index >= 15 is 0 Å². The van der Waals surface area contributed by atoms with Crippen LogP contribution in [0.5, 0.6) is 5.75 Å². The molecule has 2 rings (SSSR count). The number of halogens is 2. The first kappa shape index (κ1) is 9.00. The molecule has 0 radical (unpaired) electrons. The van der Waals surface area contributed by atoms with Crippen LogP contribution in [0.2, 0.25) is 0 Å². The smallest absolute Gasteiger partial charge is 0.179 e. The van der Waals surface area contributed by atoms with Crippen LogP contribution in [0.25, 0.3) is 0 Å². The molecule has 0 aromatic heterocycles. The number of ether oxygens (including phenoxy) is 1. The molecule has 1 fully saturated rings. The third kappa shape index (κ3) is 2.21. The monoisotopic (exact) mass is 244 g/mol. The summed E-state index contributed by atoms with van der Waals surface area (Å²) >= 11 is 3.11.